The minimum absolute atomic E-state index is 0. The lowest BCUT2D eigenvalue weighted by atomic mass is 9.89. The summed E-state index contributed by atoms with van der Waals surface area (Å²) in [4.78, 5) is 17.2. The second kappa shape index (κ2) is 10.9. The SMILES string of the molecule is Cl.Cl.Nc1cccc(C(=O)N2CCCN(CC3CCCCC3)CC2)c1. The number of nitrogens with two attached hydrogens (primary N) is 1. The van der Waals surface area contributed by atoms with Gasteiger partial charge in [0.05, 0.1) is 0 Å². The monoisotopic (exact) mass is 387 g/mol. The van der Waals surface area contributed by atoms with Gasteiger partial charge in [-0.25, -0.2) is 0 Å². The van der Waals surface area contributed by atoms with Gasteiger partial charge >= 0.3 is 0 Å². The molecule has 0 spiro atoms. The number of carbonyl (C=O) groups is 1. The summed E-state index contributed by atoms with van der Waals surface area (Å²) < 4.78 is 0. The lowest BCUT2D eigenvalue weighted by molar-refractivity contribution is 0.0760. The Hall–Kier alpha value is -0.970. The van der Waals surface area contributed by atoms with Gasteiger partial charge in [-0.05, 0) is 49.9 Å². The highest BCUT2D eigenvalue weighted by molar-refractivity contribution is 5.95. The minimum Gasteiger partial charge on any atom is -0.399 e. The molecule has 1 amide bonds. The van der Waals surface area contributed by atoms with Crippen molar-refractivity contribution in [2.45, 2.75) is 38.5 Å². The normalized spacial score (nSPS) is 19.4. The van der Waals surface area contributed by atoms with Gasteiger partial charge in [-0.1, -0.05) is 25.3 Å². The molecule has 1 aliphatic carbocycles. The molecule has 0 bridgehead atoms. The van der Waals surface area contributed by atoms with E-state index in [0.29, 0.717) is 11.3 Å². The molecule has 4 nitrogen and oxygen atoms in total. The van der Waals surface area contributed by atoms with Gasteiger partial charge in [0.25, 0.3) is 5.91 Å². The third kappa shape index (κ3) is 6.36. The van der Waals surface area contributed by atoms with Crippen LogP contribution in [0.2, 0.25) is 0 Å². The number of amides is 1. The number of benzene rings is 1. The highest BCUT2D eigenvalue weighted by atomic mass is 35.5. The van der Waals surface area contributed by atoms with Crippen LogP contribution in [-0.2, 0) is 0 Å². The van der Waals surface area contributed by atoms with Crippen LogP contribution in [0, 0.1) is 5.92 Å². The van der Waals surface area contributed by atoms with E-state index < -0.39 is 0 Å². The molecule has 142 valence electrons. The fraction of sp³-hybridized carbons (Fsp3) is 0.632. The Bertz CT molecular complexity index is 535. The van der Waals surface area contributed by atoms with Crippen molar-refractivity contribution in [2.75, 3.05) is 38.5 Å². The number of rotatable bonds is 3. The van der Waals surface area contributed by atoms with E-state index in [4.69, 9.17) is 5.73 Å². The van der Waals surface area contributed by atoms with Crippen LogP contribution >= 0.6 is 24.8 Å². The summed E-state index contributed by atoms with van der Waals surface area (Å²) in [7, 11) is 0. The van der Waals surface area contributed by atoms with E-state index in [1.807, 2.05) is 23.1 Å². The van der Waals surface area contributed by atoms with Gasteiger partial charge in [0, 0.05) is 37.4 Å². The Morgan fingerprint density at radius 3 is 2.48 bits per heavy atom. The highest BCUT2D eigenvalue weighted by Gasteiger charge is 2.22. The van der Waals surface area contributed by atoms with Crippen LogP contribution in [0.5, 0.6) is 0 Å². The Labute approximate surface area is 163 Å². The van der Waals surface area contributed by atoms with Crippen LogP contribution in [0.15, 0.2) is 24.3 Å². The van der Waals surface area contributed by atoms with E-state index >= 15 is 0 Å². The number of anilines is 1. The molecule has 1 saturated carbocycles. The first-order valence-electron chi connectivity index (χ1n) is 9.09. The average Bonchev–Trinajstić information content (AvgIpc) is 2.81. The molecule has 25 heavy (non-hydrogen) atoms. The summed E-state index contributed by atoms with van der Waals surface area (Å²) in [5.41, 5.74) is 7.17. The molecule has 2 N–H and O–H groups in total. The maximum atomic E-state index is 12.7. The van der Waals surface area contributed by atoms with Crippen LogP contribution < -0.4 is 5.73 Å². The largest absolute Gasteiger partial charge is 0.399 e. The Morgan fingerprint density at radius 1 is 1.00 bits per heavy atom. The lowest BCUT2D eigenvalue weighted by Gasteiger charge is -2.28. The summed E-state index contributed by atoms with van der Waals surface area (Å²) in [6, 6.07) is 7.33. The molecule has 0 unspecified atom stereocenters. The van der Waals surface area contributed by atoms with Crippen LogP contribution in [0.4, 0.5) is 5.69 Å². The standard InChI is InChI=1S/C19H29N3O.2ClH/c20-18-9-4-8-17(14-18)19(23)22-11-5-10-21(12-13-22)15-16-6-2-1-3-7-16;;/h4,8-9,14,16H,1-3,5-7,10-13,15,20H2;2*1H. The molecule has 1 aromatic carbocycles. The van der Waals surface area contributed by atoms with Gasteiger partial charge < -0.3 is 15.5 Å². The van der Waals surface area contributed by atoms with E-state index in [-0.39, 0.29) is 30.7 Å². The predicted octanol–water partition coefficient (Wildman–Crippen LogP) is 3.84. The number of nitrogens with zero attached hydrogens (tertiary/aromatic N) is 2. The molecule has 2 aliphatic rings. The van der Waals surface area contributed by atoms with Gasteiger partial charge in [-0.3, -0.25) is 4.79 Å². The fourth-order valence-electron chi connectivity index (χ4n) is 3.95. The Balaban J connectivity index is 0.00000156. The Kier molecular flexibility index (Phi) is 9.62. The molecule has 0 radical (unpaired) electrons. The van der Waals surface area contributed by atoms with Crippen molar-refractivity contribution in [3.63, 3.8) is 0 Å². The molecule has 1 saturated heterocycles. The van der Waals surface area contributed by atoms with E-state index in [2.05, 4.69) is 4.90 Å². The van der Waals surface area contributed by atoms with Crippen LogP contribution in [0.3, 0.4) is 0 Å². The van der Waals surface area contributed by atoms with Crippen molar-refractivity contribution in [1.29, 1.82) is 0 Å². The maximum Gasteiger partial charge on any atom is 0.253 e. The first-order valence-corrected chi connectivity index (χ1v) is 9.09. The summed E-state index contributed by atoms with van der Waals surface area (Å²) in [6.45, 7) is 5.04. The molecular weight excluding hydrogens is 357 g/mol. The number of carbonyl (C=O) groups excluding carboxylic acids is 1. The molecule has 6 heteroatoms. The van der Waals surface area contributed by atoms with E-state index in [0.717, 1.165) is 38.5 Å². The molecule has 2 fully saturated rings. The topological polar surface area (TPSA) is 49.6 Å². The fourth-order valence-corrected chi connectivity index (χ4v) is 3.95. The van der Waals surface area contributed by atoms with Gasteiger partial charge in [0.1, 0.15) is 0 Å². The van der Waals surface area contributed by atoms with Crippen molar-refractivity contribution in [3.05, 3.63) is 29.8 Å². The smallest absolute Gasteiger partial charge is 0.253 e. The van der Waals surface area contributed by atoms with Crippen molar-refractivity contribution in [1.82, 2.24) is 9.80 Å². The Morgan fingerprint density at radius 2 is 1.76 bits per heavy atom. The zero-order chi connectivity index (χ0) is 16.1. The van der Waals surface area contributed by atoms with Crippen LogP contribution in [-0.4, -0.2) is 48.4 Å². The first-order chi connectivity index (χ1) is 11.2. The predicted molar refractivity (Wildman–Crippen MR) is 109 cm³/mol. The van der Waals surface area contributed by atoms with Crippen molar-refractivity contribution in [2.24, 2.45) is 5.92 Å². The van der Waals surface area contributed by atoms with E-state index in [9.17, 15) is 4.79 Å². The second-order valence-electron chi connectivity index (χ2n) is 7.08. The minimum atomic E-state index is 0. The molecular formula is C19H31Cl2N3O. The first kappa shape index (κ1) is 22.1. The third-order valence-corrected chi connectivity index (χ3v) is 5.25. The summed E-state index contributed by atoms with van der Waals surface area (Å²) in [5, 5.41) is 0. The molecule has 3 rings (SSSR count). The highest BCUT2D eigenvalue weighted by Crippen LogP contribution is 2.24. The third-order valence-electron chi connectivity index (χ3n) is 5.25. The maximum absolute atomic E-state index is 12.7. The zero-order valence-electron chi connectivity index (χ0n) is 14.9. The average molecular weight is 388 g/mol. The molecule has 1 aliphatic heterocycles. The van der Waals surface area contributed by atoms with Crippen LogP contribution in [0.1, 0.15) is 48.9 Å². The molecule has 0 aromatic heterocycles. The quantitative estimate of drug-likeness (QED) is 0.801. The number of hydrogen-bond acceptors (Lipinski definition) is 3. The van der Waals surface area contributed by atoms with Gasteiger partial charge in [-0.2, -0.15) is 0 Å². The number of halogens is 2. The van der Waals surface area contributed by atoms with Gasteiger partial charge in [0.2, 0.25) is 0 Å². The van der Waals surface area contributed by atoms with Crippen molar-refractivity contribution >= 4 is 36.4 Å². The number of hydrogen-bond donors (Lipinski definition) is 1. The van der Waals surface area contributed by atoms with E-state index in [1.54, 1.807) is 6.07 Å². The van der Waals surface area contributed by atoms with Crippen LogP contribution in [0.25, 0.3) is 0 Å². The van der Waals surface area contributed by atoms with E-state index in [1.165, 1.54) is 38.6 Å². The van der Waals surface area contributed by atoms with Crippen molar-refractivity contribution in [3.8, 4) is 0 Å². The summed E-state index contributed by atoms with van der Waals surface area (Å²) in [5.74, 6) is 0.997. The zero-order valence-corrected chi connectivity index (χ0v) is 16.5. The summed E-state index contributed by atoms with van der Waals surface area (Å²) in [6.07, 6.45) is 8.07. The molecule has 1 heterocycles. The van der Waals surface area contributed by atoms with Gasteiger partial charge in [-0.15, -0.1) is 24.8 Å². The van der Waals surface area contributed by atoms with Gasteiger partial charge in [0.15, 0.2) is 0 Å². The van der Waals surface area contributed by atoms with Crippen molar-refractivity contribution < 1.29 is 4.79 Å². The lowest BCUT2D eigenvalue weighted by Crippen LogP contribution is -2.36. The molecule has 1 aromatic rings. The second-order valence-corrected chi connectivity index (χ2v) is 7.08. The summed E-state index contributed by atoms with van der Waals surface area (Å²) >= 11 is 0. The molecule has 0 atom stereocenters. The number of nitrogen functional groups attached to an aromatic ring is 1.